The van der Waals surface area contributed by atoms with Crippen molar-refractivity contribution in [3.8, 4) is 0 Å². The molecule has 0 saturated heterocycles. The Labute approximate surface area is 255 Å². The third-order valence-corrected chi connectivity index (χ3v) is 43.2. The summed E-state index contributed by atoms with van der Waals surface area (Å²) in [5.41, 5.74) is 0. The van der Waals surface area contributed by atoms with Crippen molar-refractivity contribution in [1.29, 1.82) is 0 Å². The average Bonchev–Trinajstić information content (AvgIpc) is 3.01. The zero-order valence-electron chi connectivity index (χ0n) is 25.7. The van der Waals surface area contributed by atoms with E-state index in [9.17, 15) is 0 Å². The molecule has 0 nitrogen and oxygen atoms in total. The van der Waals surface area contributed by atoms with Gasteiger partial charge in [0, 0.05) is 0 Å². The molecule has 6 aliphatic carbocycles. The SMILES string of the molecule is C1CC[CH]([Pb]([CH]2CCCCC2)[CH]2CCCCC2)CC1.C1CC[CH]([Sn]([CH]2CCCCC2)[CH]2CCCCC2)CC1. The molecule has 0 unspecified atom stereocenters. The van der Waals surface area contributed by atoms with Crippen LogP contribution in [0, 0.1) is 0 Å². The van der Waals surface area contributed by atoms with Crippen molar-refractivity contribution in [1.82, 2.24) is 0 Å². The third-order valence-electron chi connectivity index (χ3n) is 12.5. The Hall–Kier alpha value is 1.72. The molecule has 0 heterocycles. The van der Waals surface area contributed by atoms with Crippen LogP contribution in [-0.2, 0) is 0 Å². The van der Waals surface area contributed by atoms with Crippen molar-refractivity contribution in [2.45, 2.75) is 215 Å². The van der Waals surface area contributed by atoms with Gasteiger partial charge in [-0.25, -0.2) is 0 Å². The van der Waals surface area contributed by atoms with Gasteiger partial charge in [0.25, 0.3) is 0 Å². The van der Waals surface area contributed by atoms with E-state index in [4.69, 9.17) is 0 Å². The molecule has 0 spiro atoms. The van der Waals surface area contributed by atoms with Crippen molar-refractivity contribution < 1.29 is 0 Å². The molecule has 2 radical (unpaired) electrons. The molecule has 0 aromatic rings. The molecule has 2 heteroatoms. The van der Waals surface area contributed by atoms with Gasteiger partial charge in [0.2, 0.25) is 0 Å². The van der Waals surface area contributed by atoms with E-state index >= 15 is 0 Å². The first kappa shape index (κ1) is 31.2. The van der Waals surface area contributed by atoms with Crippen LogP contribution in [0.4, 0.5) is 0 Å². The molecule has 0 N–H and O–H groups in total. The summed E-state index contributed by atoms with van der Waals surface area (Å²) in [5, 5.41) is 0. The van der Waals surface area contributed by atoms with Crippen LogP contribution in [0.5, 0.6) is 0 Å². The summed E-state index contributed by atoms with van der Waals surface area (Å²) >= 11 is -2.49. The fraction of sp³-hybridized carbons (Fsp3) is 1.00. The Balaban J connectivity index is 0.000000155. The monoisotopic (exact) mass is 826 g/mol. The van der Waals surface area contributed by atoms with Crippen molar-refractivity contribution >= 4 is 42.5 Å². The second-order valence-corrected chi connectivity index (χ2v) is 38.3. The Morgan fingerprint density at radius 3 is 0.711 bits per heavy atom. The van der Waals surface area contributed by atoms with Crippen molar-refractivity contribution in [2.24, 2.45) is 0 Å². The summed E-state index contributed by atoms with van der Waals surface area (Å²) < 4.78 is 7.98. The standard InChI is InChI=1S/6C6H11.Pb.Sn/c6*1-2-4-6-5-3-1;;/h6*1H,2-6H2;;. The second kappa shape index (κ2) is 17.7. The van der Waals surface area contributed by atoms with Gasteiger partial charge in [-0.1, -0.05) is 0 Å². The molecule has 0 bridgehead atoms. The topological polar surface area (TPSA) is 0 Å². The first-order chi connectivity index (χ1) is 18.9. The van der Waals surface area contributed by atoms with Crippen molar-refractivity contribution in [2.75, 3.05) is 0 Å². The number of hydrogen-bond donors (Lipinski definition) is 0. The maximum absolute atomic E-state index is 1.68. The van der Waals surface area contributed by atoms with Crippen LogP contribution in [0.15, 0.2) is 0 Å². The minimum absolute atomic E-state index is 1.15. The Kier molecular flexibility index (Phi) is 14.5. The van der Waals surface area contributed by atoms with Crippen LogP contribution >= 0.6 is 0 Å². The van der Waals surface area contributed by atoms with Crippen LogP contribution in [0.3, 0.4) is 0 Å². The summed E-state index contributed by atoms with van der Waals surface area (Å²) in [6, 6.07) is 0. The quantitative estimate of drug-likeness (QED) is 0.234. The summed E-state index contributed by atoms with van der Waals surface area (Å²) in [4.78, 5) is 0. The molecule has 38 heavy (non-hydrogen) atoms. The summed E-state index contributed by atoms with van der Waals surface area (Å²) in [6.07, 6.45) is 48.5. The first-order valence-corrected chi connectivity index (χ1v) is 30.3. The summed E-state index contributed by atoms with van der Waals surface area (Å²) in [7, 11) is 0. The number of rotatable bonds is 6. The Bertz CT molecular complexity index is 459. The molecule has 0 aromatic carbocycles. The van der Waals surface area contributed by atoms with Crippen molar-refractivity contribution in [3.63, 3.8) is 0 Å². The maximum atomic E-state index is 1.68. The summed E-state index contributed by atoms with van der Waals surface area (Å²) in [5.74, 6) is 0. The van der Waals surface area contributed by atoms with Gasteiger partial charge in [-0.2, -0.15) is 0 Å². The molecule has 0 atom stereocenters. The molecule has 218 valence electrons. The molecule has 0 aromatic heterocycles. The van der Waals surface area contributed by atoms with E-state index in [1.165, 1.54) is 22.2 Å². The molecular formula is C36H66PbSn. The number of hydrogen-bond acceptors (Lipinski definition) is 0. The molecular weight excluding hydrogens is 758 g/mol. The molecule has 6 rings (SSSR count). The fourth-order valence-corrected chi connectivity index (χ4v) is 45.8. The predicted octanol–water partition coefficient (Wildman–Crippen LogP) is 13.0. The molecule has 0 aliphatic heterocycles. The zero-order valence-corrected chi connectivity index (χ0v) is 32.4. The van der Waals surface area contributed by atoms with E-state index in [2.05, 4.69) is 0 Å². The second-order valence-electron chi connectivity index (χ2n) is 15.0. The normalized spacial score (nSPS) is 28.9. The fourth-order valence-electron chi connectivity index (χ4n) is 10.6. The van der Waals surface area contributed by atoms with Gasteiger partial charge in [0.05, 0.1) is 0 Å². The van der Waals surface area contributed by atoms with Gasteiger partial charge < -0.3 is 0 Å². The Morgan fingerprint density at radius 1 is 0.263 bits per heavy atom. The van der Waals surface area contributed by atoms with Gasteiger partial charge in [-0.05, 0) is 0 Å². The van der Waals surface area contributed by atoms with E-state index in [0.717, 1.165) is 0 Å². The first-order valence-electron chi connectivity index (χ1n) is 18.6. The van der Waals surface area contributed by atoms with Gasteiger partial charge in [0.15, 0.2) is 0 Å². The van der Waals surface area contributed by atoms with Crippen LogP contribution < -0.4 is 0 Å². The zero-order chi connectivity index (χ0) is 25.8. The van der Waals surface area contributed by atoms with Gasteiger partial charge >= 0.3 is 257 Å². The Morgan fingerprint density at radius 2 is 0.474 bits per heavy atom. The van der Waals surface area contributed by atoms with Crippen LogP contribution in [0.1, 0.15) is 193 Å². The van der Waals surface area contributed by atoms with E-state index in [1.807, 2.05) is 0 Å². The van der Waals surface area contributed by atoms with Crippen LogP contribution in [0.25, 0.3) is 0 Å². The average molecular weight is 825 g/mol. The molecule has 6 saturated carbocycles. The van der Waals surface area contributed by atoms with Gasteiger partial charge in [0.1, 0.15) is 0 Å². The molecule has 6 fully saturated rings. The van der Waals surface area contributed by atoms with E-state index < -0.39 is 42.5 Å². The van der Waals surface area contributed by atoms with Crippen LogP contribution in [-0.4, -0.2) is 42.5 Å². The summed E-state index contributed by atoms with van der Waals surface area (Å²) in [6.45, 7) is 0. The molecule has 0 amide bonds. The van der Waals surface area contributed by atoms with E-state index in [1.54, 1.807) is 193 Å². The predicted molar refractivity (Wildman–Crippen MR) is 173 cm³/mol. The van der Waals surface area contributed by atoms with E-state index in [-0.39, 0.29) is 0 Å². The van der Waals surface area contributed by atoms with E-state index in [0.29, 0.717) is 0 Å². The van der Waals surface area contributed by atoms with Crippen LogP contribution in [0.2, 0.25) is 22.2 Å². The van der Waals surface area contributed by atoms with Gasteiger partial charge in [-0.15, -0.1) is 0 Å². The van der Waals surface area contributed by atoms with Crippen molar-refractivity contribution in [3.05, 3.63) is 0 Å². The third kappa shape index (κ3) is 9.36. The minimum atomic E-state index is -1.34. The molecule has 6 aliphatic rings. The van der Waals surface area contributed by atoms with Gasteiger partial charge in [-0.3, -0.25) is 0 Å².